The third kappa shape index (κ3) is 4.67. The van der Waals surface area contributed by atoms with Gasteiger partial charge in [0.25, 0.3) is 5.91 Å². The van der Waals surface area contributed by atoms with Gasteiger partial charge in [-0.05, 0) is 12.1 Å². The van der Waals surface area contributed by atoms with Gasteiger partial charge in [-0.1, -0.05) is 13.8 Å². The molecule has 0 unspecified atom stereocenters. The van der Waals surface area contributed by atoms with E-state index in [-0.39, 0.29) is 5.91 Å². The Labute approximate surface area is 108 Å². The maximum Gasteiger partial charge on any atom is 0.273 e. The molecule has 6 nitrogen and oxygen atoms in total. The van der Waals surface area contributed by atoms with Gasteiger partial charge in [-0.15, -0.1) is 10.2 Å². The molecule has 1 heterocycles. The maximum atomic E-state index is 11.6. The van der Waals surface area contributed by atoms with E-state index in [1.165, 1.54) is 4.90 Å². The van der Waals surface area contributed by atoms with Gasteiger partial charge in [-0.25, -0.2) is 0 Å². The molecule has 2 N–H and O–H groups in total. The number of rotatable bonds is 6. The summed E-state index contributed by atoms with van der Waals surface area (Å²) in [4.78, 5) is 13.1. The number of amides is 1. The minimum atomic E-state index is -0.143. The zero-order valence-corrected chi connectivity index (χ0v) is 11.4. The second-order valence-electron chi connectivity index (χ2n) is 4.54. The smallest absolute Gasteiger partial charge is 0.273 e. The highest BCUT2D eigenvalue weighted by atomic mass is 16.2. The molecule has 18 heavy (non-hydrogen) atoms. The molecule has 0 aliphatic heterocycles. The van der Waals surface area contributed by atoms with Crippen LogP contribution in [-0.2, 0) is 0 Å². The largest absolute Gasteiger partial charge is 0.367 e. The maximum absolute atomic E-state index is 11.6. The third-order valence-corrected chi connectivity index (χ3v) is 2.27. The molecule has 0 bridgehead atoms. The van der Waals surface area contributed by atoms with Gasteiger partial charge in [0.1, 0.15) is 5.82 Å². The van der Waals surface area contributed by atoms with Crippen LogP contribution in [0.1, 0.15) is 24.3 Å². The van der Waals surface area contributed by atoms with Crippen molar-refractivity contribution in [3.05, 3.63) is 17.8 Å². The summed E-state index contributed by atoms with van der Waals surface area (Å²) in [6.45, 7) is 5.83. The average molecular weight is 251 g/mol. The summed E-state index contributed by atoms with van der Waals surface area (Å²) >= 11 is 0. The van der Waals surface area contributed by atoms with E-state index >= 15 is 0 Å². The minimum absolute atomic E-state index is 0.143. The molecule has 0 saturated heterocycles. The molecule has 0 atom stereocenters. The first-order chi connectivity index (χ1) is 8.50. The molecule has 1 amide bonds. The zero-order chi connectivity index (χ0) is 13.5. The molecule has 1 aromatic rings. The standard InChI is InChI=1S/C12H21N5O/c1-9(2)13-7-8-14-11-6-5-10(15-16-11)12(18)17(3)4/h5-6,9,13H,7-8H2,1-4H3,(H,14,16). The molecule has 0 aromatic carbocycles. The lowest BCUT2D eigenvalue weighted by Gasteiger charge is -2.10. The number of aromatic nitrogens is 2. The molecular weight excluding hydrogens is 230 g/mol. The quantitative estimate of drug-likeness (QED) is 0.724. The van der Waals surface area contributed by atoms with Crippen LogP contribution in [0.4, 0.5) is 5.82 Å². The van der Waals surface area contributed by atoms with E-state index in [2.05, 4.69) is 34.7 Å². The molecular formula is C12H21N5O. The van der Waals surface area contributed by atoms with E-state index in [0.29, 0.717) is 17.6 Å². The van der Waals surface area contributed by atoms with Crippen LogP contribution in [0.5, 0.6) is 0 Å². The van der Waals surface area contributed by atoms with Gasteiger partial charge in [-0.3, -0.25) is 4.79 Å². The van der Waals surface area contributed by atoms with Gasteiger partial charge in [-0.2, -0.15) is 0 Å². The molecule has 1 aromatic heterocycles. The lowest BCUT2D eigenvalue weighted by Crippen LogP contribution is -2.28. The fourth-order valence-electron chi connectivity index (χ4n) is 1.32. The van der Waals surface area contributed by atoms with Crippen molar-refractivity contribution < 1.29 is 4.79 Å². The van der Waals surface area contributed by atoms with Crippen molar-refractivity contribution in [2.45, 2.75) is 19.9 Å². The van der Waals surface area contributed by atoms with Crippen molar-refractivity contribution in [1.82, 2.24) is 20.4 Å². The molecule has 0 aliphatic carbocycles. The lowest BCUT2D eigenvalue weighted by molar-refractivity contribution is 0.0821. The first kappa shape index (κ1) is 14.4. The molecule has 0 aliphatic rings. The van der Waals surface area contributed by atoms with E-state index < -0.39 is 0 Å². The van der Waals surface area contributed by atoms with Crippen LogP contribution in [0.2, 0.25) is 0 Å². The van der Waals surface area contributed by atoms with Crippen molar-refractivity contribution in [2.24, 2.45) is 0 Å². The summed E-state index contributed by atoms with van der Waals surface area (Å²) in [5, 5.41) is 14.3. The number of nitrogens with one attached hydrogen (secondary N) is 2. The normalized spacial score (nSPS) is 10.5. The van der Waals surface area contributed by atoms with Gasteiger partial charge < -0.3 is 15.5 Å². The Bertz CT molecular complexity index is 375. The molecule has 0 fully saturated rings. The SMILES string of the molecule is CC(C)NCCNc1ccc(C(=O)N(C)C)nn1. The summed E-state index contributed by atoms with van der Waals surface area (Å²) in [5.74, 6) is 0.534. The average Bonchev–Trinajstić information content (AvgIpc) is 2.34. The van der Waals surface area contributed by atoms with Crippen LogP contribution < -0.4 is 10.6 Å². The second-order valence-corrected chi connectivity index (χ2v) is 4.54. The first-order valence-electron chi connectivity index (χ1n) is 6.03. The van der Waals surface area contributed by atoms with Gasteiger partial charge in [0.2, 0.25) is 0 Å². The van der Waals surface area contributed by atoms with Crippen molar-refractivity contribution in [3.63, 3.8) is 0 Å². The van der Waals surface area contributed by atoms with Crippen LogP contribution in [0.15, 0.2) is 12.1 Å². The highest BCUT2D eigenvalue weighted by Crippen LogP contribution is 2.02. The fourth-order valence-corrected chi connectivity index (χ4v) is 1.32. The first-order valence-corrected chi connectivity index (χ1v) is 6.03. The minimum Gasteiger partial charge on any atom is -0.367 e. The van der Waals surface area contributed by atoms with Crippen molar-refractivity contribution >= 4 is 11.7 Å². The number of carbonyl (C=O) groups excluding carboxylic acids is 1. The third-order valence-electron chi connectivity index (χ3n) is 2.27. The van der Waals surface area contributed by atoms with Crippen molar-refractivity contribution in [2.75, 3.05) is 32.5 Å². The van der Waals surface area contributed by atoms with Crippen LogP contribution in [0, 0.1) is 0 Å². The summed E-state index contributed by atoms with van der Waals surface area (Å²) in [6.07, 6.45) is 0. The number of hydrogen-bond acceptors (Lipinski definition) is 5. The number of hydrogen-bond donors (Lipinski definition) is 2. The summed E-state index contributed by atoms with van der Waals surface area (Å²) in [5.41, 5.74) is 0.353. The summed E-state index contributed by atoms with van der Waals surface area (Å²) in [6, 6.07) is 3.91. The Hall–Kier alpha value is -1.69. The van der Waals surface area contributed by atoms with Crippen molar-refractivity contribution in [3.8, 4) is 0 Å². The van der Waals surface area contributed by atoms with E-state index in [4.69, 9.17) is 0 Å². The van der Waals surface area contributed by atoms with E-state index in [9.17, 15) is 4.79 Å². The predicted molar refractivity (Wildman–Crippen MR) is 71.7 cm³/mol. The number of nitrogens with zero attached hydrogens (tertiary/aromatic N) is 3. The van der Waals surface area contributed by atoms with Gasteiger partial charge in [0, 0.05) is 33.2 Å². The summed E-state index contributed by atoms with van der Waals surface area (Å²) in [7, 11) is 3.38. The molecule has 100 valence electrons. The Balaban J connectivity index is 2.43. The van der Waals surface area contributed by atoms with Crippen LogP contribution in [-0.4, -0.2) is 54.2 Å². The Morgan fingerprint density at radius 2 is 2.00 bits per heavy atom. The van der Waals surface area contributed by atoms with E-state index in [1.54, 1.807) is 26.2 Å². The predicted octanol–water partition coefficient (Wildman–Crippen LogP) is 0.588. The highest BCUT2D eigenvalue weighted by molar-refractivity contribution is 5.91. The fraction of sp³-hybridized carbons (Fsp3) is 0.583. The lowest BCUT2D eigenvalue weighted by atomic mass is 10.3. The van der Waals surface area contributed by atoms with Crippen LogP contribution >= 0.6 is 0 Å². The molecule has 0 radical (unpaired) electrons. The van der Waals surface area contributed by atoms with E-state index in [1.807, 2.05) is 0 Å². The molecule has 0 spiro atoms. The van der Waals surface area contributed by atoms with Gasteiger partial charge >= 0.3 is 0 Å². The molecule has 0 saturated carbocycles. The van der Waals surface area contributed by atoms with Gasteiger partial charge in [0.15, 0.2) is 5.69 Å². The monoisotopic (exact) mass is 251 g/mol. The van der Waals surface area contributed by atoms with E-state index in [0.717, 1.165) is 13.1 Å². The van der Waals surface area contributed by atoms with Gasteiger partial charge in [0.05, 0.1) is 0 Å². The number of anilines is 1. The highest BCUT2D eigenvalue weighted by Gasteiger charge is 2.09. The second kappa shape index (κ2) is 6.90. The zero-order valence-electron chi connectivity index (χ0n) is 11.4. The Morgan fingerprint density at radius 3 is 2.50 bits per heavy atom. The van der Waals surface area contributed by atoms with Crippen molar-refractivity contribution in [1.29, 1.82) is 0 Å². The molecule has 6 heteroatoms. The number of carbonyl (C=O) groups is 1. The molecule has 1 rings (SSSR count). The topological polar surface area (TPSA) is 70.2 Å². The Kier molecular flexibility index (Phi) is 5.51. The Morgan fingerprint density at radius 1 is 1.28 bits per heavy atom. The van der Waals surface area contributed by atoms with Crippen LogP contribution in [0.3, 0.4) is 0 Å². The summed E-state index contributed by atoms with van der Waals surface area (Å²) < 4.78 is 0. The van der Waals surface area contributed by atoms with Crippen LogP contribution in [0.25, 0.3) is 0 Å².